The molecule has 1 aliphatic heterocycles. The molecule has 1 fully saturated rings. The van der Waals surface area contributed by atoms with E-state index >= 15 is 0 Å². The number of piperidine rings is 1. The Morgan fingerprint density at radius 3 is 1.94 bits per heavy atom. The van der Waals surface area contributed by atoms with Crippen molar-refractivity contribution >= 4 is 12.2 Å². The summed E-state index contributed by atoms with van der Waals surface area (Å²) < 4.78 is 11.1. The highest BCUT2D eigenvalue weighted by atomic mass is 16.6. The summed E-state index contributed by atoms with van der Waals surface area (Å²) >= 11 is 0. The van der Waals surface area contributed by atoms with Crippen LogP contribution in [0.15, 0.2) is 91.0 Å². The first-order valence-electron chi connectivity index (χ1n) is 11.2. The third-order valence-electron chi connectivity index (χ3n) is 5.73. The van der Waals surface area contributed by atoms with Gasteiger partial charge in [0.15, 0.2) is 0 Å². The zero-order valence-electron chi connectivity index (χ0n) is 18.4. The van der Waals surface area contributed by atoms with Crippen LogP contribution in [0.25, 0.3) is 0 Å². The maximum Gasteiger partial charge on any atom is 0.410 e. The van der Waals surface area contributed by atoms with Crippen molar-refractivity contribution in [1.29, 1.82) is 0 Å². The Labute approximate surface area is 194 Å². The monoisotopic (exact) mass is 444 g/mol. The van der Waals surface area contributed by atoms with Gasteiger partial charge in [0.2, 0.25) is 0 Å². The summed E-state index contributed by atoms with van der Waals surface area (Å²) in [7, 11) is 0. The molecule has 3 aromatic rings. The van der Waals surface area contributed by atoms with Gasteiger partial charge in [-0.15, -0.1) is 0 Å². The molecule has 3 aromatic carbocycles. The molecule has 6 nitrogen and oxygen atoms in total. The van der Waals surface area contributed by atoms with E-state index in [2.05, 4.69) is 5.32 Å². The molecule has 4 rings (SSSR count). The van der Waals surface area contributed by atoms with Gasteiger partial charge >= 0.3 is 12.2 Å². The van der Waals surface area contributed by atoms with Crippen molar-refractivity contribution in [2.24, 2.45) is 0 Å². The molecule has 0 aliphatic carbocycles. The number of carbonyl (C=O) groups is 2. The lowest BCUT2D eigenvalue weighted by Gasteiger charge is -2.41. The summed E-state index contributed by atoms with van der Waals surface area (Å²) in [6, 6.07) is 28.3. The number of carbonyl (C=O) groups excluding carboxylic acids is 2. The number of nitrogens with zero attached hydrogens (tertiary/aromatic N) is 1. The number of likely N-dealkylation sites (tertiary alicyclic amines) is 1. The Morgan fingerprint density at radius 1 is 0.788 bits per heavy atom. The summed E-state index contributed by atoms with van der Waals surface area (Å²) in [5, 5.41) is 2.99. The van der Waals surface area contributed by atoms with Crippen LogP contribution in [0.5, 0.6) is 0 Å². The second-order valence-corrected chi connectivity index (χ2v) is 8.04. The molecule has 0 radical (unpaired) electrons. The molecule has 6 heteroatoms. The van der Waals surface area contributed by atoms with E-state index in [-0.39, 0.29) is 25.3 Å². The smallest absolute Gasteiger partial charge is 0.410 e. The Bertz CT molecular complexity index is 1030. The average molecular weight is 445 g/mol. The Hall–Kier alpha value is -3.80. The predicted octanol–water partition coefficient (Wildman–Crippen LogP) is 5.46. The van der Waals surface area contributed by atoms with Crippen LogP contribution in [0.4, 0.5) is 9.59 Å². The van der Waals surface area contributed by atoms with Gasteiger partial charge in [0.25, 0.3) is 0 Å². The van der Waals surface area contributed by atoms with Crippen LogP contribution in [-0.4, -0.2) is 29.7 Å². The van der Waals surface area contributed by atoms with Crippen LogP contribution < -0.4 is 5.32 Å². The number of rotatable bonds is 6. The Morgan fingerprint density at radius 2 is 1.33 bits per heavy atom. The highest BCUT2D eigenvalue weighted by Gasteiger charge is 2.37. The Balaban J connectivity index is 1.45. The van der Waals surface area contributed by atoms with Gasteiger partial charge in [-0.25, -0.2) is 9.59 Å². The van der Waals surface area contributed by atoms with Crippen LogP contribution in [0, 0.1) is 0 Å². The molecule has 170 valence electrons. The first-order valence-corrected chi connectivity index (χ1v) is 11.2. The molecule has 1 saturated heterocycles. The van der Waals surface area contributed by atoms with Gasteiger partial charge in [0.05, 0.1) is 12.1 Å². The van der Waals surface area contributed by atoms with Crippen molar-refractivity contribution in [2.45, 2.75) is 38.1 Å². The SMILES string of the molecule is O=C(N[C@H]1CCCN(C(=O)OCc2ccccc2)[C@H]1c1ccccc1)OCc1ccccc1. The fourth-order valence-corrected chi connectivity index (χ4v) is 4.13. The maximum absolute atomic E-state index is 13.1. The normalized spacial score (nSPS) is 17.8. The highest BCUT2D eigenvalue weighted by molar-refractivity contribution is 5.70. The first-order chi connectivity index (χ1) is 16.2. The van der Waals surface area contributed by atoms with Crippen LogP contribution >= 0.6 is 0 Å². The molecule has 0 spiro atoms. The van der Waals surface area contributed by atoms with E-state index in [1.54, 1.807) is 4.90 Å². The van der Waals surface area contributed by atoms with E-state index in [0.29, 0.717) is 6.54 Å². The van der Waals surface area contributed by atoms with Gasteiger partial charge in [-0.3, -0.25) is 4.90 Å². The first kappa shape index (κ1) is 22.4. The van der Waals surface area contributed by atoms with E-state index in [9.17, 15) is 9.59 Å². The van der Waals surface area contributed by atoms with Crippen LogP contribution in [0.2, 0.25) is 0 Å². The lowest BCUT2D eigenvalue weighted by molar-refractivity contribution is 0.0536. The van der Waals surface area contributed by atoms with Crippen molar-refractivity contribution in [2.75, 3.05) is 6.54 Å². The summed E-state index contributed by atoms with van der Waals surface area (Å²) in [5.41, 5.74) is 2.79. The van der Waals surface area contributed by atoms with Gasteiger partial charge in [-0.2, -0.15) is 0 Å². The second kappa shape index (κ2) is 11.2. The van der Waals surface area contributed by atoms with Crippen molar-refractivity contribution in [3.63, 3.8) is 0 Å². The van der Waals surface area contributed by atoms with Gasteiger partial charge in [0, 0.05) is 6.54 Å². The zero-order valence-corrected chi connectivity index (χ0v) is 18.4. The molecule has 1 N–H and O–H groups in total. The second-order valence-electron chi connectivity index (χ2n) is 8.04. The zero-order chi connectivity index (χ0) is 22.9. The van der Waals surface area contributed by atoms with Crippen LogP contribution in [0.1, 0.15) is 35.6 Å². The number of amides is 2. The molecule has 0 aromatic heterocycles. The number of alkyl carbamates (subject to hydrolysis) is 1. The molecular formula is C27H28N2O4. The van der Waals surface area contributed by atoms with E-state index < -0.39 is 12.2 Å². The maximum atomic E-state index is 13.1. The van der Waals surface area contributed by atoms with E-state index in [4.69, 9.17) is 9.47 Å². The van der Waals surface area contributed by atoms with Gasteiger partial charge < -0.3 is 14.8 Å². The molecule has 1 heterocycles. The summed E-state index contributed by atoms with van der Waals surface area (Å²) in [4.78, 5) is 27.3. The van der Waals surface area contributed by atoms with Crippen LogP contribution in [0.3, 0.4) is 0 Å². The summed E-state index contributed by atoms with van der Waals surface area (Å²) in [6.07, 6.45) is 0.608. The number of benzene rings is 3. The molecule has 33 heavy (non-hydrogen) atoms. The lowest BCUT2D eigenvalue weighted by atomic mass is 9.90. The van der Waals surface area contributed by atoms with Crippen molar-refractivity contribution in [3.8, 4) is 0 Å². The summed E-state index contributed by atoms with van der Waals surface area (Å²) in [5.74, 6) is 0. The standard InChI is InChI=1S/C27H28N2O4/c30-26(32-19-21-11-4-1-5-12-21)28-24-17-10-18-29(25(24)23-15-8-3-9-16-23)27(31)33-20-22-13-6-2-7-14-22/h1-9,11-16,24-25H,10,17-20H2,(H,28,30)/t24-,25-/m0/s1. The molecular weight excluding hydrogens is 416 g/mol. The van der Waals surface area contributed by atoms with Crippen molar-refractivity contribution < 1.29 is 19.1 Å². The van der Waals surface area contributed by atoms with Gasteiger partial charge in [-0.1, -0.05) is 91.0 Å². The van der Waals surface area contributed by atoms with Crippen molar-refractivity contribution in [1.82, 2.24) is 10.2 Å². The Kier molecular flexibility index (Phi) is 7.59. The molecule has 0 saturated carbocycles. The minimum atomic E-state index is -0.496. The largest absolute Gasteiger partial charge is 0.445 e. The van der Waals surface area contributed by atoms with E-state index in [1.165, 1.54) is 0 Å². The quantitative estimate of drug-likeness (QED) is 0.549. The van der Waals surface area contributed by atoms with E-state index in [0.717, 1.165) is 29.5 Å². The molecule has 0 bridgehead atoms. The van der Waals surface area contributed by atoms with Crippen molar-refractivity contribution in [3.05, 3.63) is 108 Å². The van der Waals surface area contributed by atoms with E-state index in [1.807, 2.05) is 91.0 Å². The molecule has 0 unspecified atom stereocenters. The molecule has 2 atom stereocenters. The number of hydrogen-bond acceptors (Lipinski definition) is 4. The number of nitrogens with one attached hydrogen (secondary N) is 1. The number of hydrogen-bond donors (Lipinski definition) is 1. The minimum Gasteiger partial charge on any atom is -0.445 e. The fraction of sp³-hybridized carbons (Fsp3) is 0.259. The number of ether oxygens (including phenoxy) is 2. The molecule has 2 amide bonds. The fourth-order valence-electron chi connectivity index (χ4n) is 4.13. The lowest BCUT2D eigenvalue weighted by Crippen LogP contribution is -2.52. The van der Waals surface area contributed by atoms with Gasteiger partial charge in [0.1, 0.15) is 13.2 Å². The third kappa shape index (κ3) is 6.13. The van der Waals surface area contributed by atoms with Gasteiger partial charge in [-0.05, 0) is 29.5 Å². The predicted molar refractivity (Wildman–Crippen MR) is 125 cm³/mol. The highest BCUT2D eigenvalue weighted by Crippen LogP contribution is 2.32. The molecule has 1 aliphatic rings. The topological polar surface area (TPSA) is 67.9 Å². The minimum absolute atomic E-state index is 0.193. The average Bonchev–Trinajstić information content (AvgIpc) is 2.87. The third-order valence-corrected chi connectivity index (χ3v) is 5.73. The van der Waals surface area contributed by atoms with Crippen LogP contribution in [-0.2, 0) is 22.7 Å². The summed E-state index contributed by atoms with van der Waals surface area (Å²) in [6.45, 7) is 0.956.